The molecule has 1 heterocycles. The first-order valence-electron chi connectivity index (χ1n) is 8.23. The summed E-state index contributed by atoms with van der Waals surface area (Å²) >= 11 is 0. The number of hydrogen-bond donors (Lipinski definition) is 0. The molecule has 1 aromatic heterocycles. The zero-order valence-corrected chi connectivity index (χ0v) is 14.9. The van der Waals surface area contributed by atoms with Gasteiger partial charge >= 0.3 is 11.9 Å². The van der Waals surface area contributed by atoms with E-state index in [9.17, 15) is 19.5 Å². The lowest BCUT2D eigenvalue weighted by atomic mass is 9.98. The number of aromatic nitrogens is 2. The summed E-state index contributed by atoms with van der Waals surface area (Å²) in [6.07, 6.45) is 6.98. The average Bonchev–Trinajstić information content (AvgIpc) is 3.07. The number of aromatic carboxylic acids is 1. The number of carboxylic acids is 1. The Bertz CT molecular complexity index is 856. The van der Waals surface area contributed by atoms with E-state index in [-0.39, 0.29) is 24.3 Å². The number of ether oxygens (including phenoxy) is 2. The maximum atomic E-state index is 12.2. The Labute approximate surface area is 156 Å². The Morgan fingerprint density at radius 2 is 2.00 bits per heavy atom. The molecule has 1 aromatic carbocycles. The molecule has 0 aliphatic rings. The van der Waals surface area contributed by atoms with Crippen LogP contribution in [0.4, 0.5) is 0 Å². The Morgan fingerprint density at radius 1 is 1.26 bits per heavy atom. The van der Waals surface area contributed by atoms with Crippen molar-refractivity contribution in [2.75, 3.05) is 13.2 Å². The van der Waals surface area contributed by atoms with Gasteiger partial charge in [0.05, 0.1) is 25.1 Å². The third-order valence-corrected chi connectivity index (χ3v) is 3.77. The van der Waals surface area contributed by atoms with E-state index in [0.717, 1.165) is 6.08 Å². The number of nitrogens with zero attached hydrogens (tertiary/aromatic N) is 2. The van der Waals surface area contributed by atoms with Crippen LogP contribution in [0.5, 0.6) is 0 Å². The predicted molar refractivity (Wildman–Crippen MR) is 91.5 cm³/mol. The average molecular weight is 372 g/mol. The molecule has 0 fully saturated rings. The van der Waals surface area contributed by atoms with E-state index in [1.807, 2.05) is 34.9 Å². The van der Waals surface area contributed by atoms with Gasteiger partial charge < -0.3 is 19.4 Å². The van der Waals surface area contributed by atoms with E-state index in [1.54, 1.807) is 12.1 Å². The summed E-state index contributed by atoms with van der Waals surface area (Å²) in [4.78, 5) is 34.8. The van der Waals surface area contributed by atoms with Crippen LogP contribution in [0, 0.1) is 0 Å². The molecule has 8 nitrogen and oxygen atoms in total. The second-order valence-corrected chi connectivity index (χ2v) is 5.70. The second-order valence-electron chi connectivity index (χ2n) is 5.70. The summed E-state index contributed by atoms with van der Waals surface area (Å²) in [5, 5.41) is 11.6. The molecule has 0 aliphatic carbocycles. The monoisotopic (exact) mass is 372 g/mol. The second kappa shape index (κ2) is 9.33. The Hall–Kier alpha value is -3.42. The predicted octanol–water partition coefficient (Wildman–Crippen LogP) is -0.195. The lowest BCUT2D eigenvalue weighted by molar-refractivity contribution is -0.671. The first-order chi connectivity index (χ1) is 12.9. The number of aryl methyl sites for hydroxylation is 3. The van der Waals surface area contributed by atoms with Crippen LogP contribution >= 0.6 is 0 Å². The molecule has 0 radical (unpaired) electrons. The van der Waals surface area contributed by atoms with Crippen LogP contribution in [0.15, 0.2) is 49.6 Å². The Balaban J connectivity index is 2.09. The van der Waals surface area contributed by atoms with Crippen molar-refractivity contribution < 1.29 is 33.5 Å². The van der Waals surface area contributed by atoms with Crippen LogP contribution in [-0.2, 0) is 34.3 Å². The van der Waals surface area contributed by atoms with Gasteiger partial charge in [-0.25, -0.2) is 18.7 Å². The van der Waals surface area contributed by atoms with Gasteiger partial charge in [-0.2, -0.15) is 0 Å². The van der Waals surface area contributed by atoms with Gasteiger partial charge in [-0.1, -0.05) is 18.7 Å². The topological polar surface area (TPSA) is 102 Å². The maximum absolute atomic E-state index is 12.2. The van der Waals surface area contributed by atoms with Crippen molar-refractivity contribution in [1.82, 2.24) is 4.57 Å². The lowest BCUT2D eigenvalue weighted by Crippen LogP contribution is -2.28. The molecule has 0 saturated carbocycles. The highest BCUT2D eigenvalue weighted by Crippen LogP contribution is 2.17. The highest BCUT2D eigenvalue weighted by Gasteiger charge is 2.17. The van der Waals surface area contributed by atoms with Crippen molar-refractivity contribution in [1.29, 1.82) is 0 Å². The quantitative estimate of drug-likeness (QED) is 0.262. The van der Waals surface area contributed by atoms with E-state index in [4.69, 9.17) is 9.47 Å². The van der Waals surface area contributed by atoms with Gasteiger partial charge in [0.25, 0.3) is 0 Å². The fourth-order valence-electron chi connectivity index (χ4n) is 2.52. The normalized spacial score (nSPS) is 10.3. The third kappa shape index (κ3) is 5.53. The molecule has 0 aliphatic heterocycles. The van der Waals surface area contributed by atoms with Crippen molar-refractivity contribution in [3.8, 4) is 0 Å². The molecule has 0 saturated heterocycles. The molecule has 27 heavy (non-hydrogen) atoms. The number of rotatable bonds is 9. The molecule has 0 atom stereocenters. The first kappa shape index (κ1) is 19.9. The van der Waals surface area contributed by atoms with Gasteiger partial charge in [-0.05, 0) is 11.6 Å². The first-order valence-corrected chi connectivity index (χ1v) is 8.23. The number of benzene rings is 1. The zero-order valence-electron chi connectivity index (χ0n) is 14.9. The van der Waals surface area contributed by atoms with Crippen LogP contribution in [0.2, 0.25) is 0 Å². The van der Waals surface area contributed by atoms with E-state index in [0.29, 0.717) is 18.5 Å². The van der Waals surface area contributed by atoms with E-state index < -0.39 is 17.9 Å². The van der Waals surface area contributed by atoms with Gasteiger partial charge in [0, 0.05) is 18.1 Å². The van der Waals surface area contributed by atoms with Crippen molar-refractivity contribution in [3.05, 3.63) is 66.3 Å². The van der Waals surface area contributed by atoms with Crippen molar-refractivity contribution in [2.45, 2.75) is 13.0 Å². The number of carbonyl (C=O) groups is 3. The summed E-state index contributed by atoms with van der Waals surface area (Å²) in [6, 6.07) is 4.59. The molecule has 8 heteroatoms. The number of imidazole rings is 1. The third-order valence-electron chi connectivity index (χ3n) is 3.77. The van der Waals surface area contributed by atoms with Crippen molar-refractivity contribution in [3.63, 3.8) is 0 Å². The Morgan fingerprint density at radius 3 is 2.63 bits per heavy atom. The van der Waals surface area contributed by atoms with E-state index >= 15 is 0 Å². The fraction of sp³-hybridized carbons (Fsp3) is 0.263. The number of esters is 2. The molecule has 0 N–H and O–H groups in total. The molecule has 2 rings (SSSR count). The van der Waals surface area contributed by atoms with Crippen LogP contribution < -0.4 is 9.67 Å². The molecule has 0 unspecified atom stereocenters. The lowest BCUT2D eigenvalue weighted by Gasteiger charge is -2.14. The number of carbonyl (C=O) groups excluding carboxylic acids is 3. The molecule has 0 bridgehead atoms. The molecule has 0 spiro atoms. The van der Waals surface area contributed by atoms with E-state index in [1.165, 1.54) is 6.07 Å². The minimum atomic E-state index is -1.45. The molecular formula is C19H20N2O6. The SMILES string of the molecule is C=CC(=O)OCCOC(=O)c1cccc(CCn2cc[n+](C)c2)c1C(=O)[O-]. The van der Waals surface area contributed by atoms with Crippen LogP contribution in [0.3, 0.4) is 0 Å². The zero-order chi connectivity index (χ0) is 19.8. The van der Waals surface area contributed by atoms with Crippen LogP contribution in [0.1, 0.15) is 26.3 Å². The molecular weight excluding hydrogens is 352 g/mol. The number of hydrogen-bond acceptors (Lipinski definition) is 6. The standard InChI is InChI=1S/C19H20N2O6/c1-3-16(22)26-11-12-27-19(25)15-6-4-5-14(17(15)18(23)24)7-8-21-10-9-20(2)13-21/h3-6,9-10,13H,1,7-8,11-12H2,2H3. The smallest absolute Gasteiger partial charge is 0.338 e. The van der Waals surface area contributed by atoms with Crippen LogP contribution in [0.25, 0.3) is 0 Å². The minimum absolute atomic E-state index is 0.0967. The van der Waals surface area contributed by atoms with Gasteiger partial charge in [-0.3, -0.25) is 0 Å². The maximum Gasteiger partial charge on any atom is 0.338 e. The number of carboxylic acid groups (broad SMARTS) is 1. The molecule has 0 amide bonds. The van der Waals surface area contributed by atoms with Gasteiger partial charge in [0.15, 0.2) is 0 Å². The van der Waals surface area contributed by atoms with E-state index in [2.05, 4.69) is 6.58 Å². The van der Waals surface area contributed by atoms with Crippen molar-refractivity contribution >= 4 is 17.9 Å². The summed E-state index contributed by atoms with van der Waals surface area (Å²) < 4.78 is 13.5. The summed E-state index contributed by atoms with van der Waals surface area (Å²) in [6.45, 7) is 3.43. The van der Waals surface area contributed by atoms with Gasteiger partial charge in [0.1, 0.15) is 25.6 Å². The molecule has 142 valence electrons. The molecule has 2 aromatic rings. The Kier molecular flexibility index (Phi) is 6.87. The fourth-order valence-corrected chi connectivity index (χ4v) is 2.52. The summed E-state index contributed by atoms with van der Waals surface area (Å²) in [5.41, 5.74) is 0.182. The summed E-state index contributed by atoms with van der Waals surface area (Å²) in [7, 11) is 1.88. The highest BCUT2D eigenvalue weighted by molar-refractivity contribution is 6.02. The largest absolute Gasteiger partial charge is 0.545 e. The van der Waals surface area contributed by atoms with Gasteiger partial charge in [-0.15, -0.1) is 0 Å². The van der Waals surface area contributed by atoms with Gasteiger partial charge in [0.2, 0.25) is 6.33 Å². The van der Waals surface area contributed by atoms with Crippen LogP contribution in [-0.4, -0.2) is 35.7 Å². The highest BCUT2D eigenvalue weighted by atomic mass is 16.6. The minimum Gasteiger partial charge on any atom is -0.545 e. The van der Waals surface area contributed by atoms with Crippen molar-refractivity contribution in [2.24, 2.45) is 7.05 Å². The summed E-state index contributed by atoms with van der Waals surface area (Å²) in [5.74, 6) is -2.91.